The van der Waals surface area contributed by atoms with E-state index < -0.39 is 44.3 Å². The van der Waals surface area contributed by atoms with Crippen molar-refractivity contribution in [3.63, 3.8) is 0 Å². The number of anilines is 1. The summed E-state index contributed by atoms with van der Waals surface area (Å²) in [6.07, 6.45) is -10.4. The number of hydrogen-bond donors (Lipinski definition) is 2. The molecule has 0 aliphatic rings. The van der Waals surface area contributed by atoms with Crippen molar-refractivity contribution in [2.75, 3.05) is 4.72 Å². The number of primary amides is 1. The van der Waals surface area contributed by atoms with Crippen molar-refractivity contribution in [1.82, 2.24) is 0 Å². The molecule has 31 heavy (non-hydrogen) atoms. The van der Waals surface area contributed by atoms with Crippen molar-refractivity contribution >= 4 is 44.3 Å². The van der Waals surface area contributed by atoms with Crippen LogP contribution in [0.5, 0.6) is 0 Å². The number of nitrogens with one attached hydrogen (secondary N) is 1. The van der Waals surface area contributed by atoms with E-state index in [0.717, 1.165) is 11.3 Å². The lowest BCUT2D eigenvalue weighted by atomic mass is 10.1. The van der Waals surface area contributed by atoms with Crippen LogP contribution in [0.25, 0.3) is 10.4 Å². The Morgan fingerprint density at radius 2 is 1.55 bits per heavy atom. The fraction of sp³-hybridized carbons (Fsp3) is 0.118. The van der Waals surface area contributed by atoms with Crippen LogP contribution < -0.4 is 10.5 Å². The summed E-state index contributed by atoms with van der Waals surface area (Å²) in [5, 5.41) is 3.40. The summed E-state index contributed by atoms with van der Waals surface area (Å²) >= 11 is 2.14. The van der Waals surface area contributed by atoms with Crippen LogP contribution in [0.1, 0.15) is 20.8 Å². The zero-order valence-corrected chi connectivity index (χ0v) is 17.3. The zero-order chi connectivity index (χ0) is 23.2. The molecule has 0 radical (unpaired) electrons. The van der Waals surface area contributed by atoms with Gasteiger partial charge in [-0.1, -0.05) is 0 Å². The van der Waals surface area contributed by atoms with Gasteiger partial charge >= 0.3 is 12.4 Å². The highest BCUT2D eigenvalue weighted by molar-refractivity contribution is 7.92. The minimum Gasteiger partial charge on any atom is -0.365 e. The molecule has 0 saturated heterocycles. The number of carbonyl (C=O) groups excluding carboxylic acids is 1. The van der Waals surface area contributed by atoms with Crippen LogP contribution in [0, 0.1) is 0 Å². The van der Waals surface area contributed by atoms with Crippen molar-refractivity contribution in [1.29, 1.82) is 0 Å². The molecule has 3 rings (SSSR count). The molecule has 3 N–H and O–H groups in total. The quantitative estimate of drug-likeness (QED) is 0.459. The molecule has 0 aliphatic heterocycles. The summed E-state index contributed by atoms with van der Waals surface area (Å²) in [5.41, 5.74) is 1.93. The van der Waals surface area contributed by atoms with Gasteiger partial charge in [0.1, 0.15) is 4.88 Å². The predicted octanol–water partition coefficient (Wildman–Crippen LogP) is 5.41. The van der Waals surface area contributed by atoms with E-state index in [0.29, 0.717) is 10.4 Å². The van der Waals surface area contributed by atoms with Gasteiger partial charge < -0.3 is 5.73 Å². The third kappa shape index (κ3) is 5.02. The number of rotatable bonds is 5. The average Bonchev–Trinajstić information content (AvgIpc) is 3.29. The lowest BCUT2D eigenvalue weighted by Gasteiger charge is -2.15. The maximum Gasteiger partial charge on any atom is 0.416 e. The highest BCUT2D eigenvalue weighted by Crippen LogP contribution is 2.39. The van der Waals surface area contributed by atoms with Crippen LogP contribution in [-0.2, 0) is 22.4 Å². The molecule has 3 aromatic rings. The van der Waals surface area contributed by atoms with Gasteiger partial charge in [0, 0.05) is 10.4 Å². The molecule has 14 heteroatoms. The number of carbonyl (C=O) groups is 1. The first-order valence-electron chi connectivity index (χ1n) is 7.97. The van der Waals surface area contributed by atoms with Gasteiger partial charge in [-0.2, -0.15) is 37.7 Å². The van der Waals surface area contributed by atoms with E-state index in [9.17, 15) is 39.6 Å². The first kappa shape index (κ1) is 23.1. The lowest BCUT2D eigenvalue weighted by Crippen LogP contribution is -2.19. The Morgan fingerprint density at radius 1 is 0.968 bits per heavy atom. The number of alkyl halides is 6. The SMILES string of the molecule is NC(=O)c1sc(-c2ccsc2)cc1NS(=O)(=O)c1cc(C(F)(F)F)cc(C(F)(F)F)c1. The van der Waals surface area contributed by atoms with Crippen LogP contribution in [0.15, 0.2) is 46.0 Å². The summed E-state index contributed by atoms with van der Waals surface area (Å²) in [4.78, 5) is 10.6. The highest BCUT2D eigenvalue weighted by atomic mass is 32.2. The maximum atomic E-state index is 13.0. The van der Waals surface area contributed by atoms with Crippen LogP contribution in [-0.4, -0.2) is 14.3 Å². The topological polar surface area (TPSA) is 89.3 Å². The molecule has 1 amide bonds. The van der Waals surface area contributed by atoms with E-state index in [1.165, 1.54) is 17.4 Å². The van der Waals surface area contributed by atoms with E-state index >= 15 is 0 Å². The second-order valence-corrected chi connectivity index (χ2v) is 9.59. The molecule has 2 heterocycles. The summed E-state index contributed by atoms with van der Waals surface area (Å²) in [6.45, 7) is 0. The van der Waals surface area contributed by atoms with Gasteiger partial charge in [0.25, 0.3) is 15.9 Å². The lowest BCUT2D eigenvalue weighted by molar-refractivity contribution is -0.143. The van der Waals surface area contributed by atoms with E-state index in [-0.39, 0.29) is 28.8 Å². The second kappa shape index (κ2) is 7.84. The molecule has 0 aliphatic carbocycles. The van der Waals surface area contributed by atoms with Crippen molar-refractivity contribution in [2.45, 2.75) is 17.2 Å². The van der Waals surface area contributed by atoms with Gasteiger partial charge in [0.15, 0.2) is 0 Å². The van der Waals surface area contributed by atoms with Crippen molar-refractivity contribution in [3.05, 3.63) is 57.1 Å². The van der Waals surface area contributed by atoms with Crippen LogP contribution in [0.4, 0.5) is 32.0 Å². The number of benzene rings is 1. The fourth-order valence-corrected chi connectivity index (χ4v) is 5.37. The van der Waals surface area contributed by atoms with Gasteiger partial charge in [-0.3, -0.25) is 9.52 Å². The Hall–Kier alpha value is -2.58. The summed E-state index contributed by atoms with van der Waals surface area (Å²) in [5.74, 6) is -1.02. The molecule has 0 saturated carbocycles. The Morgan fingerprint density at radius 3 is 2.00 bits per heavy atom. The van der Waals surface area contributed by atoms with E-state index in [4.69, 9.17) is 5.73 Å². The van der Waals surface area contributed by atoms with Gasteiger partial charge in [0.2, 0.25) is 0 Å². The molecular weight excluding hydrogens is 490 g/mol. The third-order valence-corrected chi connectivity index (χ3v) is 7.10. The van der Waals surface area contributed by atoms with Crippen LogP contribution in [0.3, 0.4) is 0 Å². The fourth-order valence-electron chi connectivity index (χ4n) is 2.48. The Kier molecular flexibility index (Phi) is 5.84. The maximum absolute atomic E-state index is 13.0. The molecule has 1 aromatic carbocycles. The van der Waals surface area contributed by atoms with Gasteiger partial charge in [-0.25, -0.2) is 8.42 Å². The second-order valence-electron chi connectivity index (χ2n) is 6.08. The van der Waals surface area contributed by atoms with E-state index in [1.54, 1.807) is 16.8 Å². The smallest absolute Gasteiger partial charge is 0.365 e. The van der Waals surface area contributed by atoms with E-state index in [2.05, 4.69) is 0 Å². The molecule has 166 valence electrons. The standard InChI is InChI=1S/C17H10F6N2O3S3/c18-16(19,20)9-3-10(17(21,22)23)5-11(4-9)31(27,28)25-12-6-13(8-1-2-29-7-8)30-14(12)15(24)26/h1-7,25H,(H2,24,26). The number of nitrogens with two attached hydrogens (primary N) is 1. The van der Waals surface area contributed by atoms with Crippen molar-refractivity contribution in [3.8, 4) is 10.4 Å². The zero-order valence-electron chi connectivity index (χ0n) is 14.8. The Bertz CT molecular complexity index is 1200. The summed E-state index contributed by atoms with van der Waals surface area (Å²) in [6, 6.07) is 2.86. The predicted molar refractivity (Wildman–Crippen MR) is 103 cm³/mol. The molecule has 0 fully saturated rings. The third-order valence-electron chi connectivity index (χ3n) is 3.88. The highest BCUT2D eigenvalue weighted by Gasteiger charge is 2.38. The number of halogens is 6. The van der Waals surface area contributed by atoms with E-state index in [1.807, 2.05) is 4.72 Å². The number of hydrogen-bond acceptors (Lipinski definition) is 5. The Labute approximate surface area is 179 Å². The summed E-state index contributed by atoms with van der Waals surface area (Å²) < 4.78 is 105. The molecule has 2 aromatic heterocycles. The number of sulfonamides is 1. The molecule has 0 spiro atoms. The molecule has 0 atom stereocenters. The first-order valence-corrected chi connectivity index (χ1v) is 11.2. The van der Waals surface area contributed by atoms with Crippen LogP contribution in [0.2, 0.25) is 0 Å². The minimum atomic E-state index is -5.22. The van der Waals surface area contributed by atoms with Crippen molar-refractivity contribution < 1.29 is 39.6 Å². The number of amides is 1. The average molecular weight is 500 g/mol. The van der Waals surface area contributed by atoms with Gasteiger partial charge in [0.05, 0.1) is 21.7 Å². The van der Waals surface area contributed by atoms with Crippen LogP contribution >= 0.6 is 22.7 Å². The first-order chi connectivity index (χ1) is 14.2. The molecule has 5 nitrogen and oxygen atoms in total. The monoisotopic (exact) mass is 500 g/mol. The molecular formula is C17H10F6N2O3S3. The number of thiophene rings is 2. The van der Waals surface area contributed by atoms with Crippen molar-refractivity contribution in [2.24, 2.45) is 5.73 Å². The molecule has 0 bridgehead atoms. The van der Waals surface area contributed by atoms with Gasteiger partial charge in [-0.15, -0.1) is 11.3 Å². The largest absolute Gasteiger partial charge is 0.416 e. The normalized spacial score (nSPS) is 12.7. The minimum absolute atomic E-state index is 0.0771. The summed E-state index contributed by atoms with van der Waals surface area (Å²) in [7, 11) is -4.94. The molecule has 0 unspecified atom stereocenters. The Balaban J connectivity index is 2.10. The van der Waals surface area contributed by atoms with Gasteiger partial charge in [-0.05, 0) is 41.1 Å².